The Kier molecular flexibility index (Phi) is 4.16. The Balaban J connectivity index is 2.38. The highest BCUT2D eigenvalue weighted by Crippen LogP contribution is 2.11. The first-order valence-electron chi connectivity index (χ1n) is 5.53. The maximum absolute atomic E-state index is 11.5. The third-order valence-electron chi connectivity index (χ3n) is 2.13. The molecule has 16 heavy (non-hydrogen) atoms. The minimum absolute atomic E-state index is 0.191. The van der Waals surface area contributed by atoms with Gasteiger partial charge in [0.1, 0.15) is 12.1 Å². The molecule has 0 N–H and O–H groups in total. The predicted octanol–water partition coefficient (Wildman–Crippen LogP) is 2.31. The summed E-state index contributed by atoms with van der Waals surface area (Å²) >= 11 is 0. The van der Waals surface area contributed by atoms with Crippen LogP contribution >= 0.6 is 0 Å². The molecule has 0 bridgehead atoms. The molecule has 0 saturated carbocycles. The van der Waals surface area contributed by atoms with Crippen LogP contribution in [0.15, 0.2) is 23.9 Å². The summed E-state index contributed by atoms with van der Waals surface area (Å²) in [4.78, 5) is 13.5. The quantitative estimate of drug-likeness (QED) is 0.686. The Morgan fingerprint density at radius 2 is 2.25 bits per heavy atom. The average Bonchev–Trinajstić information content (AvgIpc) is 2.16. The van der Waals surface area contributed by atoms with E-state index in [4.69, 9.17) is 4.74 Å². The van der Waals surface area contributed by atoms with Crippen molar-refractivity contribution in [1.29, 1.82) is 0 Å². The Bertz CT molecular complexity index is 310. The highest BCUT2D eigenvalue weighted by molar-refractivity contribution is 5.72. The van der Waals surface area contributed by atoms with Gasteiger partial charge in [-0.2, -0.15) is 0 Å². The van der Waals surface area contributed by atoms with Crippen molar-refractivity contribution in [2.24, 2.45) is 0 Å². The second-order valence-corrected chi connectivity index (χ2v) is 4.86. The van der Waals surface area contributed by atoms with Gasteiger partial charge >= 0.3 is 5.97 Å². The van der Waals surface area contributed by atoms with Gasteiger partial charge in [-0.15, -0.1) is 0 Å². The van der Waals surface area contributed by atoms with Gasteiger partial charge in [0.15, 0.2) is 0 Å². The van der Waals surface area contributed by atoms with Gasteiger partial charge in [-0.25, -0.2) is 0 Å². The predicted molar refractivity (Wildman–Crippen MR) is 64.6 cm³/mol. The van der Waals surface area contributed by atoms with Gasteiger partial charge in [0.25, 0.3) is 0 Å². The van der Waals surface area contributed by atoms with Crippen molar-refractivity contribution in [3.63, 3.8) is 0 Å². The van der Waals surface area contributed by atoms with Crippen molar-refractivity contribution in [3.05, 3.63) is 30.8 Å². The molecule has 0 aromatic heterocycles. The van der Waals surface area contributed by atoms with E-state index in [1.54, 1.807) is 0 Å². The molecule has 0 unspecified atom stereocenters. The Morgan fingerprint density at radius 1 is 1.56 bits per heavy atom. The number of hydrogen-bond donors (Lipinski definition) is 0. The molecule has 89 valence electrons. The zero-order valence-corrected chi connectivity index (χ0v) is 10.3. The van der Waals surface area contributed by atoms with E-state index in [9.17, 15) is 4.79 Å². The average molecular weight is 222 g/mol. The van der Waals surface area contributed by atoms with Crippen molar-refractivity contribution in [3.8, 4) is 0 Å². The van der Waals surface area contributed by atoms with Crippen LogP contribution in [0.4, 0.5) is 0 Å². The van der Waals surface area contributed by atoms with Crippen molar-refractivity contribution in [2.75, 3.05) is 13.1 Å². The molecule has 0 atom stereocenters. The van der Waals surface area contributed by atoms with Crippen molar-refractivity contribution in [1.82, 2.24) is 4.90 Å². The van der Waals surface area contributed by atoms with Crippen LogP contribution in [0.2, 0.25) is 0 Å². The summed E-state index contributed by atoms with van der Waals surface area (Å²) in [5.74, 6) is -0.191. The van der Waals surface area contributed by atoms with E-state index < -0.39 is 5.60 Å². The van der Waals surface area contributed by atoms with Crippen molar-refractivity contribution < 1.29 is 9.53 Å². The number of hydrogen-bond acceptors (Lipinski definition) is 3. The fraction of sp³-hybridized carbons (Fsp3) is 0.538. The van der Waals surface area contributed by atoms with Crippen LogP contribution in [-0.2, 0) is 9.53 Å². The lowest BCUT2D eigenvalue weighted by Gasteiger charge is -2.25. The number of ether oxygens (including phenoxy) is 1. The van der Waals surface area contributed by atoms with Gasteiger partial charge in [0.2, 0.25) is 0 Å². The van der Waals surface area contributed by atoms with E-state index in [2.05, 4.69) is 13.0 Å². The summed E-state index contributed by atoms with van der Waals surface area (Å²) in [7, 11) is 0. The molecule has 1 aliphatic heterocycles. The fourth-order valence-corrected chi connectivity index (χ4v) is 1.41. The number of esters is 1. The lowest BCUT2D eigenvalue weighted by atomic mass is 10.1. The summed E-state index contributed by atoms with van der Waals surface area (Å²) in [5.41, 5.74) is 0.797. The van der Waals surface area contributed by atoms with Gasteiger partial charge in [-0.05, 0) is 45.8 Å². The van der Waals surface area contributed by atoms with Crippen LogP contribution < -0.4 is 0 Å². The Morgan fingerprint density at radius 3 is 2.69 bits per heavy atom. The van der Waals surface area contributed by atoms with E-state index in [-0.39, 0.29) is 5.97 Å². The van der Waals surface area contributed by atoms with E-state index in [1.807, 2.05) is 37.9 Å². The fourth-order valence-electron chi connectivity index (χ4n) is 1.41. The van der Waals surface area contributed by atoms with Crippen molar-refractivity contribution >= 4 is 5.97 Å². The van der Waals surface area contributed by atoms with E-state index in [1.165, 1.54) is 5.57 Å². The maximum Gasteiger partial charge on any atom is 0.326 e. The molecule has 1 heterocycles. The van der Waals surface area contributed by atoms with Gasteiger partial charge in [0, 0.05) is 12.7 Å². The molecule has 3 heteroatoms. The Labute approximate surface area is 97.8 Å². The van der Waals surface area contributed by atoms with Gasteiger partial charge in [0.05, 0.1) is 0 Å². The van der Waals surface area contributed by atoms with Crippen LogP contribution in [0, 0.1) is 6.92 Å². The van der Waals surface area contributed by atoms with Crippen molar-refractivity contribution in [2.45, 2.75) is 32.8 Å². The minimum Gasteiger partial charge on any atom is -0.459 e. The molecule has 0 fully saturated rings. The number of carbonyl (C=O) groups is 1. The first-order chi connectivity index (χ1) is 7.40. The molecule has 1 rings (SSSR count). The zero-order chi connectivity index (χ0) is 12.2. The molecule has 0 saturated heterocycles. The summed E-state index contributed by atoms with van der Waals surface area (Å²) in [6.45, 7) is 10.5. The lowest BCUT2D eigenvalue weighted by Crippen LogP contribution is -2.33. The number of carbonyl (C=O) groups excluding carboxylic acids is 1. The van der Waals surface area contributed by atoms with Gasteiger partial charge < -0.3 is 9.64 Å². The third-order valence-corrected chi connectivity index (χ3v) is 2.13. The molecule has 1 aliphatic rings. The molecule has 3 nitrogen and oxygen atoms in total. The first kappa shape index (κ1) is 12.8. The minimum atomic E-state index is -0.412. The summed E-state index contributed by atoms with van der Waals surface area (Å²) in [6.07, 6.45) is 6.78. The topological polar surface area (TPSA) is 29.5 Å². The molecule has 0 spiro atoms. The zero-order valence-electron chi connectivity index (χ0n) is 10.3. The van der Waals surface area contributed by atoms with Gasteiger partial charge in [-0.3, -0.25) is 4.79 Å². The molecule has 0 aliphatic carbocycles. The molecular weight excluding hydrogens is 202 g/mol. The molecule has 1 radical (unpaired) electrons. The first-order valence-corrected chi connectivity index (χ1v) is 5.53. The van der Waals surface area contributed by atoms with Crippen LogP contribution in [0.5, 0.6) is 0 Å². The van der Waals surface area contributed by atoms with Gasteiger partial charge in [-0.1, -0.05) is 6.08 Å². The highest BCUT2D eigenvalue weighted by atomic mass is 16.6. The standard InChI is InChI=1S/C13H20NO2/c1-5-11-6-8-14(9-7-11)10-12(15)16-13(2,3)4/h6-8H,1,5,9-10H2,2-4H3. The largest absolute Gasteiger partial charge is 0.459 e. The third kappa shape index (κ3) is 4.51. The van der Waals surface area contributed by atoms with E-state index in [0.717, 1.165) is 13.0 Å². The maximum atomic E-state index is 11.5. The van der Waals surface area contributed by atoms with Crippen LogP contribution in [0.3, 0.4) is 0 Å². The van der Waals surface area contributed by atoms with Crippen LogP contribution in [0.1, 0.15) is 27.2 Å². The second-order valence-electron chi connectivity index (χ2n) is 4.86. The van der Waals surface area contributed by atoms with E-state index >= 15 is 0 Å². The smallest absolute Gasteiger partial charge is 0.326 e. The lowest BCUT2D eigenvalue weighted by molar-refractivity contribution is -0.155. The Hall–Kier alpha value is -1.25. The second kappa shape index (κ2) is 5.19. The molecular formula is C13H20NO2. The summed E-state index contributed by atoms with van der Waals surface area (Å²) in [6, 6.07) is 0. The van der Waals surface area contributed by atoms with Crippen LogP contribution in [0.25, 0.3) is 0 Å². The molecule has 0 aromatic carbocycles. The summed E-state index contributed by atoms with van der Waals surface area (Å²) in [5, 5.41) is 0. The number of nitrogens with zero attached hydrogens (tertiary/aromatic N) is 1. The summed E-state index contributed by atoms with van der Waals surface area (Å²) < 4.78 is 5.25. The van der Waals surface area contributed by atoms with Crippen LogP contribution in [-0.4, -0.2) is 29.6 Å². The molecule has 0 amide bonds. The normalized spacial score (nSPS) is 16.0. The SMILES string of the molecule is [CH2]CC1=CCN(CC(=O)OC(C)(C)C)C=C1. The monoisotopic (exact) mass is 222 g/mol. The molecule has 0 aromatic rings. The number of allylic oxidation sites excluding steroid dienone is 2. The highest BCUT2D eigenvalue weighted by Gasteiger charge is 2.18. The number of rotatable bonds is 3. The van der Waals surface area contributed by atoms with E-state index in [0.29, 0.717) is 6.54 Å².